The molecule has 0 radical (unpaired) electrons. The number of nitrogens with zero attached hydrogens (tertiary/aromatic N) is 1. The van der Waals surface area contributed by atoms with E-state index in [-0.39, 0.29) is 0 Å². The highest BCUT2D eigenvalue weighted by molar-refractivity contribution is 5.85. The van der Waals surface area contributed by atoms with Gasteiger partial charge in [0.05, 0.1) is 6.54 Å². The van der Waals surface area contributed by atoms with Crippen molar-refractivity contribution < 1.29 is 0 Å². The molecular weight excluding hydrogens is 148 g/mol. The molecule has 2 nitrogen and oxygen atoms in total. The van der Waals surface area contributed by atoms with Crippen molar-refractivity contribution in [2.45, 2.75) is 45.6 Å². The first kappa shape index (κ1) is 9.72. The summed E-state index contributed by atoms with van der Waals surface area (Å²) in [6.45, 7) is 8.72. The van der Waals surface area contributed by atoms with E-state index < -0.39 is 0 Å². The minimum Gasteiger partial charge on any atom is -0.309 e. The molecule has 0 aromatic heterocycles. The molecule has 0 saturated carbocycles. The summed E-state index contributed by atoms with van der Waals surface area (Å²) in [5.74, 6) is 0. The summed E-state index contributed by atoms with van der Waals surface area (Å²) < 4.78 is 0. The van der Waals surface area contributed by atoms with Gasteiger partial charge in [0.2, 0.25) is 0 Å². The van der Waals surface area contributed by atoms with Gasteiger partial charge in [-0.15, -0.1) is 0 Å². The molecule has 1 N–H and O–H groups in total. The first-order chi connectivity index (χ1) is 5.70. The average molecular weight is 168 g/mol. The Hall–Kier alpha value is -0.370. The Morgan fingerprint density at radius 1 is 1.50 bits per heavy atom. The van der Waals surface area contributed by atoms with Gasteiger partial charge in [-0.25, -0.2) is 0 Å². The summed E-state index contributed by atoms with van der Waals surface area (Å²) in [5.41, 5.74) is 1.68. The van der Waals surface area contributed by atoms with E-state index in [1.54, 1.807) is 0 Å². The highest BCUT2D eigenvalue weighted by Crippen LogP contribution is 2.17. The molecule has 0 fully saturated rings. The van der Waals surface area contributed by atoms with Gasteiger partial charge in [-0.3, -0.25) is 4.99 Å². The zero-order valence-corrected chi connectivity index (χ0v) is 8.48. The lowest BCUT2D eigenvalue weighted by Crippen LogP contribution is -2.42. The lowest BCUT2D eigenvalue weighted by molar-refractivity contribution is 0.366. The third kappa shape index (κ3) is 2.31. The molecule has 1 heterocycles. The van der Waals surface area contributed by atoms with Crippen LogP contribution in [-0.2, 0) is 0 Å². The number of rotatable bonds is 2. The zero-order chi connectivity index (χ0) is 9.03. The second kappa shape index (κ2) is 4.04. The molecular formula is C10H20N2. The molecule has 0 spiro atoms. The molecule has 1 rings (SSSR count). The van der Waals surface area contributed by atoms with Gasteiger partial charge in [-0.05, 0) is 19.8 Å². The number of nitrogens with one attached hydrogen (secondary N) is 1. The maximum Gasteiger partial charge on any atom is 0.0513 e. The van der Waals surface area contributed by atoms with E-state index >= 15 is 0 Å². The van der Waals surface area contributed by atoms with Gasteiger partial charge < -0.3 is 5.32 Å². The van der Waals surface area contributed by atoms with Crippen LogP contribution in [0, 0.1) is 0 Å². The van der Waals surface area contributed by atoms with Crippen molar-refractivity contribution in [1.29, 1.82) is 0 Å². The number of aliphatic imine (C=N–C) groups is 1. The van der Waals surface area contributed by atoms with Crippen LogP contribution in [0.4, 0.5) is 0 Å². The number of hydrogen-bond donors (Lipinski definition) is 1. The fraction of sp³-hybridized carbons (Fsp3) is 0.900. The van der Waals surface area contributed by atoms with Crippen LogP contribution in [0.3, 0.4) is 0 Å². The third-order valence-corrected chi connectivity index (χ3v) is 2.78. The summed E-state index contributed by atoms with van der Waals surface area (Å²) in [5, 5.41) is 3.56. The average Bonchev–Trinajstić information content (AvgIpc) is 2.28. The van der Waals surface area contributed by atoms with Gasteiger partial charge >= 0.3 is 0 Å². The van der Waals surface area contributed by atoms with Crippen LogP contribution in [0.1, 0.15) is 40.0 Å². The van der Waals surface area contributed by atoms with Crippen LogP contribution < -0.4 is 5.32 Å². The van der Waals surface area contributed by atoms with E-state index in [9.17, 15) is 0 Å². The van der Waals surface area contributed by atoms with Crippen molar-refractivity contribution in [3.8, 4) is 0 Å². The fourth-order valence-corrected chi connectivity index (χ4v) is 1.63. The molecule has 12 heavy (non-hydrogen) atoms. The van der Waals surface area contributed by atoms with E-state index in [1.165, 1.54) is 12.1 Å². The lowest BCUT2D eigenvalue weighted by atomic mass is 9.91. The minimum absolute atomic E-state index is 0.297. The third-order valence-electron chi connectivity index (χ3n) is 2.78. The van der Waals surface area contributed by atoms with E-state index in [2.05, 4.69) is 31.1 Å². The van der Waals surface area contributed by atoms with Crippen molar-refractivity contribution in [2.24, 2.45) is 4.99 Å². The highest BCUT2D eigenvalue weighted by Gasteiger charge is 2.24. The molecule has 0 bridgehead atoms. The second-order valence-corrected chi connectivity index (χ2v) is 3.82. The van der Waals surface area contributed by atoms with Crippen LogP contribution in [0.2, 0.25) is 0 Å². The summed E-state index contributed by atoms with van der Waals surface area (Å²) in [4.78, 5) is 4.54. The van der Waals surface area contributed by atoms with Gasteiger partial charge in [0.25, 0.3) is 0 Å². The molecule has 0 aliphatic carbocycles. The van der Waals surface area contributed by atoms with Crippen molar-refractivity contribution in [1.82, 2.24) is 5.32 Å². The first-order valence-electron chi connectivity index (χ1n) is 4.97. The molecule has 2 heteroatoms. The monoisotopic (exact) mass is 168 g/mol. The smallest absolute Gasteiger partial charge is 0.0513 e. The van der Waals surface area contributed by atoms with Crippen LogP contribution in [-0.4, -0.2) is 24.3 Å². The van der Waals surface area contributed by atoms with Crippen molar-refractivity contribution in [3.05, 3.63) is 0 Å². The molecule has 70 valence electrons. The number of hydrogen-bond acceptors (Lipinski definition) is 2. The van der Waals surface area contributed by atoms with Gasteiger partial charge in [0.15, 0.2) is 0 Å². The second-order valence-electron chi connectivity index (χ2n) is 3.82. The SMILES string of the molecule is CCC1=NCCNC(C)(CC)C1. The quantitative estimate of drug-likeness (QED) is 0.670. The first-order valence-corrected chi connectivity index (χ1v) is 4.97. The van der Waals surface area contributed by atoms with Crippen molar-refractivity contribution in [3.63, 3.8) is 0 Å². The van der Waals surface area contributed by atoms with Crippen molar-refractivity contribution in [2.75, 3.05) is 13.1 Å². The lowest BCUT2D eigenvalue weighted by Gasteiger charge is -2.28. The Balaban J connectivity index is 2.64. The Morgan fingerprint density at radius 3 is 2.83 bits per heavy atom. The highest BCUT2D eigenvalue weighted by atomic mass is 15.0. The summed E-state index contributed by atoms with van der Waals surface area (Å²) in [7, 11) is 0. The van der Waals surface area contributed by atoms with Crippen molar-refractivity contribution >= 4 is 5.71 Å². The standard InChI is InChI=1S/C10H20N2/c1-4-9-8-10(3,5-2)12-7-6-11-9/h12H,4-8H2,1-3H3. The van der Waals surface area contributed by atoms with Crippen LogP contribution in [0.15, 0.2) is 4.99 Å². The molecule has 0 aromatic rings. The van der Waals surface area contributed by atoms with Gasteiger partial charge in [0.1, 0.15) is 0 Å². The molecule has 1 atom stereocenters. The molecule has 1 aliphatic rings. The fourth-order valence-electron chi connectivity index (χ4n) is 1.63. The topological polar surface area (TPSA) is 24.4 Å². The zero-order valence-electron chi connectivity index (χ0n) is 8.48. The molecule has 0 amide bonds. The van der Waals surface area contributed by atoms with E-state index in [0.717, 1.165) is 25.9 Å². The Labute approximate surface area is 75.5 Å². The normalized spacial score (nSPS) is 31.1. The minimum atomic E-state index is 0.297. The van der Waals surface area contributed by atoms with E-state index in [0.29, 0.717) is 5.54 Å². The molecule has 0 aromatic carbocycles. The Morgan fingerprint density at radius 2 is 2.25 bits per heavy atom. The van der Waals surface area contributed by atoms with Crippen LogP contribution in [0.25, 0.3) is 0 Å². The van der Waals surface area contributed by atoms with Gasteiger partial charge in [-0.2, -0.15) is 0 Å². The van der Waals surface area contributed by atoms with Crippen LogP contribution in [0.5, 0.6) is 0 Å². The molecule has 1 unspecified atom stereocenters. The van der Waals surface area contributed by atoms with Crippen LogP contribution >= 0.6 is 0 Å². The predicted molar refractivity (Wildman–Crippen MR) is 53.9 cm³/mol. The van der Waals surface area contributed by atoms with Gasteiger partial charge in [-0.1, -0.05) is 13.8 Å². The Bertz CT molecular complexity index is 175. The van der Waals surface area contributed by atoms with E-state index in [4.69, 9.17) is 0 Å². The summed E-state index contributed by atoms with van der Waals surface area (Å²) >= 11 is 0. The molecule has 0 saturated heterocycles. The summed E-state index contributed by atoms with van der Waals surface area (Å²) in [6.07, 6.45) is 3.42. The van der Waals surface area contributed by atoms with E-state index in [1.807, 2.05) is 0 Å². The maximum atomic E-state index is 4.54. The summed E-state index contributed by atoms with van der Waals surface area (Å²) in [6, 6.07) is 0. The van der Waals surface area contributed by atoms with Gasteiger partial charge in [0, 0.05) is 24.2 Å². The predicted octanol–water partition coefficient (Wildman–Crippen LogP) is 2.00. The largest absolute Gasteiger partial charge is 0.309 e. The Kier molecular flexibility index (Phi) is 3.27. The maximum absolute atomic E-state index is 4.54. The molecule has 1 aliphatic heterocycles.